The summed E-state index contributed by atoms with van der Waals surface area (Å²) in [7, 11) is 0. The van der Waals surface area contributed by atoms with Crippen LogP contribution in [0, 0.1) is 0 Å². The van der Waals surface area contributed by atoms with Gasteiger partial charge in [-0.2, -0.15) is 13.2 Å². The van der Waals surface area contributed by atoms with E-state index in [2.05, 4.69) is 15.5 Å². The van der Waals surface area contributed by atoms with Crippen LogP contribution < -0.4 is 5.32 Å². The Kier molecular flexibility index (Phi) is 8.51. The topological polar surface area (TPSA) is 75.2 Å². The summed E-state index contributed by atoms with van der Waals surface area (Å²) < 4.78 is 38.2. The van der Waals surface area contributed by atoms with Gasteiger partial charge in [0.2, 0.25) is 11.0 Å². The minimum atomic E-state index is -4.43. The molecule has 0 aliphatic heterocycles. The summed E-state index contributed by atoms with van der Waals surface area (Å²) in [6, 6.07) is 9.11. The van der Waals surface area contributed by atoms with Crippen LogP contribution in [0.1, 0.15) is 35.7 Å². The molecule has 0 bridgehead atoms. The van der Waals surface area contributed by atoms with Gasteiger partial charge < -0.3 is 10.2 Å². The second kappa shape index (κ2) is 11.2. The molecule has 2 aromatic carbocycles. The van der Waals surface area contributed by atoms with E-state index in [1.165, 1.54) is 23.1 Å². The molecule has 0 spiro atoms. The number of rotatable bonds is 8. The van der Waals surface area contributed by atoms with Crippen LogP contribution in [-0.4, -0.2) is 40.0 Å². The van der Waals surface area contributed by atoms with Crippen LogP contribution in [0.5, 0.6) is 0 Å². The fraction of sp³-hybridized carbons (Fsp3) is 0.273. The fourth-order valence-electron chi connectivity index (χ4n) is 3.03. The number of alkyl halides is 3. The number of aromatic nitrogens is 2. The van der Waals surface area contributed by atoms with Gasteiger partial charge in [0.05, 0.1) is 16.1 Å². The van der Waals surface area contributed by atoms with E-state index < -0.39 is 11.7 Å². The van der Waals surface area contributed by atoms with Crippen molar-refractivity contribution in [2.24, 2.45) is 0 Å². The van der Waals surface area contributed by atoms with Crippen molar-refractivity contribution in [2.45, 2.75) is 25.9 Å². The van der Waals surface area contributed by atoms with Crippen molar-refractivity contribution in [1.82, 2.24) is 15.1 Å². The summed E-state index contributed by atoms with van der Waals surface area (Å²) in [5, 5.41) is 11.6. The molecule has 0 aliphatic carbocycles. The molecule has 3 rings (SSSR count). The van der Waals surface area contributed by atoms with Gasteiger partial charge in [-0.05, 0) is 36.8 Å². The van der Waals surface area contributed by atoms with E-state index in [0.717, 1.165) is 23.5 Å². The van der Waals surface area contributed by atoms with Crippen molar-refractivity contribution in [3.63, 3.8) is 0 Å². The molecule has 1 N–H and O–H groups in total. The highest BCUT2D eigenvalue weighted by Crippen LogP contribution is 2.32. The second-order valence-corrected chi connectivity index (χ2v) is 9.02. The molecule has 0 fully saturated rings. The molecule has 34 heavy (non-hydrogen) atoms. The average Bonchev–Trinajstić information content (AvgIpc) is 3.24. The van der Waals surface area contributed by atoms with Crippen LogP contribution in [0.25, 0.3) is 10.6 Å². The van der Waals surface area contributed by atoms with Gasteiger partial charge in [-0.25, -0.2) is 0 Å². The molecule has 2 amide bonds. The van der Waals surface area contributed by atoms with Crippen molar-refractivity contribution < 1.29 is 22.8 Å². The first-order valence-corrected chi connectivity index (χ1v) is 11.7. The number of carbonyl (C=O) groups excluding carboxylic acids is 2. The summed E-state index contributed by atoms with van der Waals surface area (Å²) in [5.41, 5.74) is -0.0175. The second-order valence-electron chi connectivity index (χ2n) is 7.20. The largest absolute Gasteiger partial charge is 0.416 e. The van der Waals surface area contributed by atoms with Gasteiger partial charge >= 0.3 is 6.18 Å². The molecule has 0 aliphatic rings. The van der Waals surface area contributed by atoms with Crippen molar-refractivity contribution in [2.75, 3.05) is 18.4 Å². The van der Waals surface area contributed by atoms with Crippen LogP contribution in [0.3, 0.4) is 0 Å². The van der Waals surface area contributed by atoms with Crippen molar-refractivity contribution >= 4 is 51.5 Å². The molecule has 1 aromatic heterocycles. The van der Waals surface area contributed by atoms with E-state index in [4.69, 9.17) is 23.2 Å². The molecule has 0 atom stereocenters. The zero-order chi connectivity index (χ0) is 24.9. The van der Waals surface area contributed by atoms with Crippen LogP contribution in [0.2, 0.25) is 10.0 Å². The van der Waals surface area contributed by atoms with Crippen LogP contribution in [-0.2, 0) is 11.0 Å². The minimum absolute atomic E-state index is 0.00609. The molecule has 3 aromatic rings. The minimum Gasteiger partial charge on any atom is -0.338 e. The third-order valence-corrected chi connectivity index (χ3v) is 6.12. The summed E-state index contributed by atoms with van der Waals surface area (Å²) >= 11 is 13.1. The van der Waals surface area contributed by atoms with Gasteiger partial charge in [0.25, 0.3) is 5.91 Å². The lowest BCUT2D eigenvalue weighted by molar-refractivity contribution is -0.137. The highest BCUT2D eigenvalue weighted by molar-refractivity contribution is 7.18. The van der Waals surface area contributed by atoms with Crippen molar-refractivity contribution in [3.05, 3.63) is 63.6 Å². The lowest BCUT2D eigenvalue weighted by Crippen LogP contribution is -2.34. The molecule has 12 heteroatoms. The van der Waals surface area contributed by atoms with E-state index in [0.29, 0.717) is 34.1 Å². The summed E-state index contributed by atoms with van der Waals surface area (Å²) in [6.45, 7) is 2.50. The number of benzene rings is 2. The molecular formula is C22H19Cl2F3N4O2S. The number of amides is 2. The standard InChI is InChI=1S/C22H19Cl2F3N4O2S/c1-2-10-31(20(33)16-8-7-15(23)12-17(16)24)11-9-18(32)28-21-30-29-19(34-21)13-3-5-14(6-4-13)22(25,26)27/h3-8,12H,2,9-11H2,1H3,(H,28,30,32). The van der Waals surface area contributed by atoms with E-state index in [9.17, 15) is 22.8 Å². The summed E-state index contributed by atoms with van der Waals surface area (Å²) in [5.74, 6) is -0.692. The van der Waals surface area contributed by atoms with E-state index >= 15 is 0 Å². The molecule has 6 nitrogen and oxygen atoms in total. The molecule has 180 valence electrons. The maximum Gasteiger partial charge on any atom is 0.416 e. The maximum atomic E-state index is 12.9. The monoisotopic (exact) mass is 530 g/mol. The number of anilines is 1. The number of nitrogens with one attached hydrogen (secondary N) is 1. The first-order chi connectivity index (χ1) is 16.1. The first kappa shape index (κ1) is 25.9. The van der Waals surface area contributed by atoms with Crippen LogP contribution >= 0.6 is 34.5 Å². The third kappa shape index (κ3) is 6.68. The van der Waals surface area contributed by atoms with Crippen molar-refractivity contribution in [3.8, 4) is 10.6 Å². The normalized spacial score (nSPS) is 11.4. The molecule has 1 heterocycles. The first-order valence-electron chi connectivity index (χ1n) is 10.1. The molecule has 0 unspecified atom stereocenters. The SMILES string of the molecule is CCCN(CCC(=O)Nc1nnc(-c2ccc(C(F)(F)F)cc2)s1)C(=O)c1ccc(Cl)cc1Cl. The van der Waals surface area contributed by atoms with Gasteiger partial charge in [-0.3, -0.25) is 9.59 Å². The highest BCUT2D eigenvalue weighted by atomic mass is 35.5. The van der Waals surface area contributed by atoms with Gasteiger partial charge in [0.1, 0.15) is 5.01 Å². The molecular weight excluding hydrogens is 512 g/mol. The quantitative estimate of drug-likeness (QED) is 0.365. The zero-order valence-corrected chi connectivity index (χ0v) is 20.2. The lowest BCUT2D eigenvalue weighted by atomic mass is 10.1. The fourth-order valence-corrected chi connectivity index (χ4v) is 4.28. The van der Waals surface area contributed by atoms with E-state index in [-0.39, 0.29) is 34.9 Å². The Labute approximate surface area is 207 Å². The Hall–Kier alpha value is -2.69. The number of carbonyl (C=O) groups is 2. The Bertz CT molecular complexity index is 1170. The van der Waals surface area contributed by atoms with Gasteiger partial charge in [-0.1, -0.05) is 53.6 Å². The highest BCUT2D eigenvalue weighted by Gasteiger charge is 2.30. The lowest BCUT2D eigenvalue weighted by Gasteiger charge is -2.22. The Balaban J connectivity index is 1.60. The van der Waals surface area contributed by atoms with Crippen LogP contribution in [0.15, 0.2) is 42.5 Å². The van der Waals surface area contributed by atoms with E-state index in [1.54, 1.807) is 12.1 Å². The number of hydrogen-bond donors (Lipinski definition) is 1. The number of hydrogen-bond acceptors (Lipinski definition) is 5. The van der Waals surface area contributed by atoms with Crippen LogP contribution in [0.4, 0.5) is 18.3 Å². The van der Waals surface area contributed by atoms with E-state index in [1.807, 2.05) is 6.92 Å². The van der Waals surface area contributed by atoms with Gasteiger partial charge in [-0.15, -0.1) is 10.2 Å². The predicted octanol–water partition coefficient (Wildman–Crippen LogP) is 6.41. The maximum absolute atomic E-state index is 12.9. The smallest absolute Gasteiger partial charge is 0.338 e. The van der Waals surface area contributed by atoms with Gasteiger partial charge in [0.15, 0.2) is 0 Å². The number of nitrogens with zero attached hydrogens (tertiary/aromatic N) is 3. The van der Waals surface area contributed by atoms with Gasteiger partial charge in [0, 0.05) is 30.1 Å². The summed E-state index contributed by atoms with van der Waals surface area (Å²) in [4.78, 5) is 26.8. The summed E-state index contributed by atoms with van der Waals surface area (Å²) in [6.07, 6.45) is -3.73. The molecule has 0 radical (unpaired) electrons. The third-order valence-electron chi connectivity index (χ3n) is 4.68. The Morgan fingerprint density at radius 1 is 1.06 bits per heavy atom. The Morgan fingerprint density at radius 3 is 2.38 bits per heavy atom. The average molecular weight is 531 g/mol. The Morgan fingerprint density at radius 2 is 1.76 bits per heavy atom. The van der Waals surface area contributed by atoms with Crippen molar-refractivity contribution in [1.29, 1.82) is 0 Å². The zero-order valence-electron chi connectivity index (χ0n) is 17.8. The number of halogens is 5. The molecule has 0 saturated carbocycles. The predicted molar refractivity (Wildman–Crippen MR) is 126 cm³/mol. The molecule has 0 saturated heterocycles.